The Hall–Kier alpha value is -3.12. The Morgan fingerprint density at radius 3 is 2.12 bits per heavy atom. The van der Waals surface area contributed by atoms with Crippen LogP contribution in [0.2, 0.25) is 15.1 Å². The number of hydrogen-bond donors (Lipinski definition) is 0. The first-order valence-electron chi connectivity index (χ1n) is 10.3. The van der Waals surface area contributed by atoms with Gasteiger partial charge in [-0.2, -0.15) is 0 Å². The fraction of sp³-hybridized carbons (Fsp3) is 0.0800. The standard InChI is InChI=1S/C25H17Cl3N4O/c1-2-21-29-22-24(31(21)17-6-4-3-5-7-17)30-23(19-13-10-16(27)14-20(19)28)32(25(22)33)18-11-8-15(26)9-12-18/h3-14H,2H2,1H3. The van der Waals surface area contributed by atoms with Crippen LogP contribution in [-0.2, 0) is 6.42 Å². The van der Waals surface area contributed by atoms with Crippen LogP contribution < -0.4 is 5.56 Å². The predicted octanol–water partition coefficient (Wildman–Crippen LogP) is 6.76. The van der Waals surface area contributed by atoms with E-state index < -0.39 is 0 Å². The first-order valence-corrected chi connectivity index (χ1v) is 11.4. The minimum Gasteiger partial charge on any atom is -0.280 e. The van der Waals surface area contributed by atoms with E-state index in [2.05, 4.69) is 4.98 Å². The maximum atomic E-state index is 13.8. The molecule has 0 radical (unpaired) electrons. The lowest BCUT2D eigenvalue weighted by molar-refractivity contribution is 0.900. The molecule has 0 aliphatic heterocycles. The fourth-order valence-corrected chi connectivity index (χ4v) is 4.44. The maximum absolute atomic E-state index is 13.8. The second kappa shape index (κ2) is 8.67. The topological polar surface area (TPSA) is 52.7 Å². The fourth-order valence-electron chi connectivity index (χ4n) is 3.82. The van der Waals surface area contributed by atoms with Gasteiger partial charge in [0.25, 0.3) is 5.56 Å². The van der Waals surface area contributed by atoms with Crippen LogP contribution in [-0.4, -0.2) is 19.1 Å². The molecule has 5 rings (SSSR count). The van der Waals surface area contributed by atoms with Gasteiger partial charge in [0.2, 0.25) is 0 Å². The number of para-hydroxylation sites is 1. The van der Waals surface area contributed by atoms with Crippen molar-refractivity contribution < 1.29 is 0 Å². The van der Waals surface area contributed by atoms with Crippen LogP contribution >= 0.6 is 34.8 Å². The first kappa shape index (κ1) is 21.7. The Morgan fingerprint density at radius 2 is 1.45 bits per heavy atom. The number of aryl methyl sites for hydroxylation is 1. The molecular weight excluding hydrogens is 479 g/mol. The van der Waals surface area contributed by atoms with E-state index in [9.17, 15) is 4.79 Å². The predicted molar refractivity (Wildman–Crippen MR) is 134 cm³/mol. The molecule has 2 heterocycles. The van der Waals surface area contributed by atoms with E-state index in [1.165, 1.54) is 4.57 Å². The minimum absolute atomic E-state index is 0.277. The molecule has 0 fully saturated rings. The summed E-state index contributed by atoms with van der Waals surface area (Å²) in [5.74, 6) is 1.12. The van der Waals surface area contributed by atoms with Crippen LogP contribution in [0, 0.1) is 0 Å². The third-order valence-electron chi connectivity index (χ3n) is 5.34. The van der Waals surface area contributed by atoms with Crippen molar-refractivity contribution in [2.75, 3.05) is 0 Å². The Labute approximate surface area is 204 Å². The lowest BCUT2D eigenvalue weighted by atomic mass is 10.2. The highest BCUT2D eigenvalue weighted by molar-refractivity contribution is 6.36. The van der Waals surface area contributed by atoms with E-state index in [0.717, 1.165) is 11.5 Å². The largest absolute Gasteiger partial charge is 0.286 e. The van der Waals surface area contributed by atoms with Crippen molar-refractivity contribution in [3.05, 3.63) is 104 Å². The molecule has 164 valence electrons. The van der Waals surface area contributed by atoms with Gasteiger partial charge >= 0.3 is 0 Å². The molecule has 0 bridgehead atoms. The number of nitrogens with zero attached hydrogens (tertiary/aromatic N) is 4. The average Bonchev–Trinajstić information content (AvgIpc) is 3.19. The zero-order valence-corrected chi connectivity index (χ0v) is 19.7. The molecule has 3 aromatic carbocycles. The van der Waals surface area contributed by atoms with E-state index in [1.54, 1.807) is 42.5 Å². The highest BCUT2D eigenvalue weighted by atomic mass is 35.5. The molecule has 5 aromatic rings. The van der Waals surface area contributed by atoms with Gasteiger partial charge < -0.3 is 0 Å². The monoisotopic (exact) mass is 494 g/mol. The van der Waals surface area contributed by atoms with Crippen LogP contribution in [0.5, 0.6) is 0 Å². The number of fused-ring (bicyclic) bond motifs is 1. The number of aromatic nitrogens is 4. The molecule has 2 aromatic heterocycles. The van der Waals surface area contributed by atoms with Crippen molar-refractivity contribution in [1.82, 2.24) is 19.1 Å². The Kier molecular flexibility index (Phi) is 5.71. The van der Waals surface area contributed by atoms with Gasteiger partial charge in [-0.15, -0.1) is 0 Å². The smallest absolute Gasteiger partial charge is 0.280 e. The van der Waals surface area contributed by atoms with Crippen LogP contribution in [0.4, 0.5) is 0 Å². The van der Waals surface area contributed by atoms with Gasteiger partial charge in [0, 0.05) is 27.7 Å². The summed E-state index contributed by atoms with van der Waals surface area (Å²) < 4.78 is 3.42. The number of benzene rings is 3. The molecule has 0 amide bonds. The average molecular weight is 496 g/mol. The van der Waals surface area contributed by atoms with E-state index >= 15 is 0 Å². The summed E-state index contributed by atoms with van der Waals surface area (Å²) in [6, 6.07) is 21.8. The highest BCUT2D eigenvalue weighted by Gasteiger charge is 2.22. The third kappa shape index (κ3) is 3.82. The van der Waals surface area contributed by atoms with Crippen molar-refractivity contribution in [2.24, 2.45) is 0 Å². The van der Waals surface area contributed by atoms with E-state index in [4.69, 9.17) is 39.8 Å². The zero-order chi connectivity index (χ0) is 23.1. The Morgan fingerprint density at radius 1 is 0.788 bits per heavy atom. The summed E-state index contributed by atoms with van der Waals surface area (Å²) in [4.78, 5) is 23.5. The third-order valence-corrected chi connectivity index (χ3v) is 6.14. The molecular formula is C25H17Cl3N4O. The summed E-state index contributed by atoms with van der Waals surface area (Å²) in [5, 5.41) is 1.44. The normalized spacial score (nSPS) is 11.3. The van der Waals surface area contributed by atoms with Gasteiger partial charge in [-0.1, -0.05) is 59.9 Å². The molecule has 0 saturated carbocycles. The zero-order valence-electron chi connectivity index (χ0n) is 17.5. The van der Waals surface area contributed by atoms with E-state index in [0.29, 0.717) is 44.2 Å². The molecule has 0 unspecified atom stereocenters. The molecule has 0 aliphatic carbocycles. The molecule has 8 heteroatoms. The summed E-state index contributed by atoms with van der Waals surface area (Å²) in [7, 11) is 0. The van der Waals surface area contributed by atoms with Crippen molar-refractivity contribution in [2.45, 2.75) is 13.3 Å². The maximum Gasteiger partial charge on any atom is 0.286 e. The minimum atomic E-state index is -0.298. The Bertz CT molecular complexity index is 1540. The van der Waals surface area contributed by atoms with Crippen molar-refractivity contribution in [3.63, 3.8) is 0 Å². The number of rotatable bonds is 4. The Balaban J connectivity index is 1.92. The second-order valence-corrected chi connectivity index (χ2v) is 8.68. The van der Waals surface area contributed by atoms with Gasteiger partial charge in [0.05, 0.1) is 10.7 Å². The van der Waals surface area contributed by atoms with Crippen LogP contribution in [0.15, 0.2) is 77.6 Å². The SMILES string of the molecule is CCc1nc2c(=O)n(-c3ccc(Cl)cc3)c(-c3ccc(Cl)cc3Cl)nc2n1-c1ccccc1. The van der Waals surface area contributed by atoms with Crippen LogP contribution in [0.25, 0.3) is 33.9 Å². The van der Waals surface area contributed by atoms with Crippen LogP contribution in [0.3, 0.4) is 0 Å². The van der Waals surface area contributed by atoms with Crippen LogP contribution in [0.1, 0.15) is 12.7 Å². The number of hydrogen-bond acceptors (Lipinski definition) is 3. The summed E-state index contributed by atoms with van der Waals surface area (Å²) in [6.07, 6.45) is 0.628. The molecule has 5 nitrogen and oxygen atoms in total. The van der Waals surface area contributed by atoms with Gasteiger partial charge in [-0.3, -0.25) is 13.9 Å². The summed E-state index contributed by atoms with van der Waals surface area (Å²) in [6.45, 7) is 2.00. The number of halogens is 3. The first-order chi connectivity index (χ1) is 16.0. The molecule has 0 saturated heterocycles. The van der Waals surface area contributed by atoms with Gasteiger partial charge in [-0.05, 0) is 54.6 Å². The highest BCUT2D eigenvalue weighted by Crippen LogP contribution is 2.32. The van der Waals surface area contributed by atoms with Gasteiger partial charge in [0.1, 0.15) is 5.82 Å². The molecule has 0 atom stereocenters. The van der Waals surface area contributed by atoms with Crippen molar-refractivity contribution >= 4 is 46.0 Å². The van der Waals surface area contributed by atoms with E-state index in [-0.39, 0.29) is 11.1 Å². The molecule has 0 aliphatic rings. The van der Waals surface area contributed by atoms with Crippen molar-refractivity contribution in [1.29, 1.82) is 0 Å². The summed E-state index contributed by atoms with van der Waals surface area (Å²) >= 11 is 18.8. The second-order valence-electron chi connectivity index (χ2n) is 7.40. The van der Waals surface area contributed by atoms with Gasteiger partial charge in [-0.25, -0.2) is 9.97 Å². The summed E-state index contributed by atoms with van der Waals surface area (Å²) in [5.41, 5.74) is 2.50. The quantitative estimate of drug-likeness (QED) is 0.277. The van der Waals surface area contributed by atoms with Crippen molar-refractivity contribution in [3.8, 4) is 22.8 Å². The molecule has 33 heavy (non-hydrogen) atoms. The number of imidazole rings is 1. The lowest BCUT2D eigenvalue weighted by Crippen LogP contribution is -2.22. The molecule has 0 spiro atoms. The van der Waals surface area contributed by atoms with E-state index in [1.807, 2.05) is 41.8 Å². The van der Waals surface area contributed by atoms with Gasteiger partial charge in [0.15, 0.2) is 17.0 Å². The lowest BCUT2D eigenvalue weighted by Gasteiger charge is -2.15. The molecule has 0 N–H and O–H groups in total.